The van der Waals surface area contributed by atoms with Gasteiger partial charge in [-0.25, -0.2) is 0 Å². The van der Waals surface area contributed by atoms with Gasteiger partial charge in [-0.15, -0.1) is 0 Å². The van der Waals surface area contributed by atoms with Crippen molar-refractivity contribution in [2.24, 2.45) is 23.7 Å². The highest BCUT2D eigenvalue weighted by molar-refractivity contribution is 5.03. The lowest BCUT2D eigenvalue weighted by molar-refractivity contribution is 0.116. The fourth-order valence-electron chi connectivity index (χ4n) is 4.53. The molecule has 2 aliphatic carbocycles. The molecule has 2 aliphatic rings. The van der Waals surface area contributed by atoms with E-state index >= 15 is 0 Å². The van der Waals surface area contributed by atoms with E-state index in [1.54, 1.807) is 0 Å². The molecule has 2 N–H and O–H groups in total. The van der Waals surface area contributed by atoms with E-state index < -0.39 is 0 Å². The van der Waals surface area contributed by atoms with Gasteiger partial charge in [0, 0.05) is 0 Å². The van der Waals surface area contributed by atoms with Gasteiger partial charge in [-0.3, -0.25) is 0 Å². The molecule has 1 saturated carbocycles. The molecule has 25 heavy (non-hydrogen) atoms. The fourth-order valence-corrected chi connectivity index (χ4v) is 4.53. The third-order valence-electron chi connectivity index (χ3n) is 6.51. The van der Waals surface area contributed by atoms with E-state index in [1.165, 1.54) is 38.5 Å². The lowest BCUT2D eigenvalue weighted by atomic mass is 9.88. The Morgan fingerprint density at radius 1 is 1.16 bits per heavy atom. The summed E-state index contributed by atoms with van der Waals surface area (Å²) in [6.07, 6.45) is 21.0. The average molecular weight is 349 g/mol. The zero-order chi connectivity index (χ0) is 18.1. The monoisotopic (exact) mass is 348 g/mol. The maximum atomic E-state index is 10.3. The summed E-state index contributed by atoms with van der Waals surface area (Å²) in [6.45, 7) is 4.61. The molecule has 0 aromatic rings. The van der Waals surface area contributed by atoms with E-state index in [4.69, 9.17) is 0 Å². The lowest BCUT2D eigenvalue weighted by Crippen LogP contribution is -2.18. The molecule has 6 atom stereocenters. The summed E-state index contributed by atoms with van der Waals surface area (Å²) in [5.41, 5.74) is 0. The second kappa shape index (κ2) is 11.2. The summed E-state index contributed by atoms with van der Waals surface area (Å²) in [6, 6.07) is 0. The number of rotatable bonds is 11. The molecule has 0 heterocycles. The van der Waals surface area contributed by atoms with E-state index in [-0.39, 0.29) is 12.2 Å². The molecule has 0 spiro atoms. The van der Waals surface area contributed by atoms with Crippen molar-refractivity contribution in [1.82, 2.24) is 0 Å². The molecule has 0 saturated heterocycles. The highest BCUT2D eigenvalue weighted by Gasteiger charge is 2.32. The minimum absolute atomic E-state index is 0.140. The summed E-state index contributed by atoms with van der Waals surface area (Å²) in [5.74, 6) is 2.26. The summed E-state index contributed by atoms with van der Waals surface area (Å²) in [4.78, 5) is 0. The molecule has 2 heteroatoms. The Bertz CT molecular complexity index is 414. The normalized spacial score (nSPS) is 31.8. The third-order valence-corrected chi connectivity index (χ3v) is 6.51. The van der Waals surface area contributed by atoms with Crippen molar-refractivity contribution in [3.05, 3.63) is 24.3 Å². The zero-order valence-corrected chi connectivity index (χ0v) is 16.4. The van der Waals surface area contributed by atoms with Gasteiger partial charge in [0.25, 0.3) is 0 Å². The van der Waals surface area contributed by atoms with Crippen LogP contribution >= 0.6 is 0 Å². The number of hydrogen-bond acceptors (Lipinski definition) is 2. The Morgan fingerprint density at radius 2 is 2.00 bits per heavy atom. The van der Waals surface area contributed by atoms with Gasteiger partial charge < -0.3 is 10.2 Å². The highest BCUT2D eigenvalue weighted by Crippen LogP contribution is 2.37. The first-order valence-corrected chi connectivity index (χ1v) is 10.8. The maximum absolute atomic E-state index is 10.3. The van der Waals surface area contributed by atoms with Crippen LogP contribution in [-0.4, -0.2) is 22.4 Å². The predicted octanol–water partition coefficient (Wildman–Crippen LogP) is 5.64. The molecule has 0 amide bonds. The van der Waals surface area contributed by atoms with Crippen LogP contribution in [0, 0.1) is 23.7 Å². The molecule has 2 nitrogen and oxygen atoms in total. The smallest absolute Gasteiger partial charge is 0.0726 e. The van der Waals surface area contributed by atoms with Crippen molar-refractivity contribution < 1.29 is 10.2 Å². The molecule has 3 unspecified atom stereocenters. The molecule has 144 valence electrons. The molecular formula is C23H40O2. The molecule has 2 rings (SSSR count). The minimum Gasteiger partial charge on any atom is -0.393 e. The van der Waals surface area contributed by atoms with Gasteiger partial charge >= 0.3 is 0 Å². The molecule has 0 radical (unpaired) electrons. The predicted molar refractivity (Wildman–Crippen MR) is 106 cm³/mol. The van der Waals surface area contributed by atoms with E-state index in [2.05, 4.69) is 32.1 Å². The first kappa shape index (κ1) is 20.7. The van der Waals surface area contributed by atoms with Crippen LogP contribution in [0.2, 0.25) is 0 Å². The maximum Gasteiger partial charge on any atom is 0.0726 e. The van der Waals surface area contributed by atoms with Crippen LogP contribution in [-0.2, 0) is 0 Å². The quantitative estimate of drug-likeness (QED) is 0.374. The van der Waals surface area contributed by atoms with Gasteiger partial charge in [-0.05, 0) is 62.2 Å². The Hall–Kier alpha value is -0.600. The van der Waals surface area contributed by atoms with Crippen LogP contribution < -0.4 is 0 Å². The van der Waals surface area contributed by atoms with E-state index in [1.807, 2.05) is 6.08 Å². The second-order valence-electron chi connectivity index (χ2n) is 8.58. The van der Waals surface area contributed by atoms with Crippen molar-refractivity contribution in [2.45, 2.75) is 96.7 Å². The van der Waals surface area contributed by atoms with Gasteiger partial charge in [0.15, 0.2) is 0 Å². The summed E-state index contributed by atoms with van der Waals surface area (Å²) >= 11 is 0. The number of hydrogen-bond donors (Lipinski definition) is 2. The Morgan fingerprint density at radius 3 is 2.72 bits per heavy atom. The van der Waals surface area contributed by atoms with Gasteiger partial charge in [0.2, 0.25) is 0 Å². The number of unbranched alkanes of at least 4 members (excludes halogenated alkanes) is 2. The lowest BCUT2D eigenvalue weighted by Gasteiger charge is -2.20. The third kappa shape index (κ3) is 7.27. The summed E-state index contributed by atoms with van der Waals surface area (Å²) in [5, 5.41) is 20.6. The van der Waals surface area contributed by atoms with Gasteiger partial charge in [-0.1, -0.05) is 70.3 Å². The Labute approximate surface area is 155 Å². The van der Waals surface area contributed by atoms with E-state index in [9.17, 15) is 10.2 Å². The molecule has 0 bridgehead atoms. The Balaban J connectivity index is 1.69. The van der Waals surface area contributed by atoms with Gasteiger partial charge in [0.1, 0.15) is 0 Å². The average Bonchev–Trinajstić information content (AvgIpc) is 3.23. The summed E-state index contributed by atoms with van der Waals surface area (Å²) < 4.78 is 0. The second-order valence-corrected chi connectivity index (χ2v) is 8.58. The van der Waals surface area contributed by atoms with Crippen molar-refractivity contribution in [3.63, 3.8) is 0 Å². The van der Waals surface area contributed by atoms with Gasteiger partial charge in [-0.2, -0.15) is 0 Å². The van der Waals surface area contributed by atoms with E-state index in [0.717, 1.165) is 38.0 Å². The largest absolute Gasteiger partial charge is 0.393 e. The molecule has 0 aromatic heterocycles. The number of aliphatic hydroxyl groups excluding tert-OH is 2. The standard InChI is InChI=1S/C23H40O2/c1-3-18(2)9-5-4-6-12-22-20(14-16-23(22)25)13-15-21(24)17-19-10-7-8-11-19/h7,10,13,15,18-25H,3-6,8-9,11-12,14,16-17H2,1-2H3/t18?,19?,20-,21?,22+,23-/m0/s1. The van der Waals surface area contributed by atoms with Crippen LogP contribution in [0.4, 0.5) is 0 Å². The highest BCUT2D eigenvalue weighted by atomic mass is 16.3. The fraction of sp³-hybridized carbons (Fsp3) is 0.826. The van der Waals surface area contributed by atoms with Crippen LogP contribution in [0.3, 0.4) is 0 Å². The number of allylic oxidation sites excluding steroid dienone is 3. The minimum atomic E-state index is -0.332. The van der Waals surface area contributed by atoms with Crippen LogP contribution in [0.15, 0.2) is 24.3 Å². The number of aliphatic hydroxyl groups is 2. The van der Waals surface area contributed by atoms with Crippen LogP contribution in [0.5, 0.6) is 0 Å². The SMILES string of the molecule is CCC(C)CCCCC[C@H]1[C@@H](O)CC[C@@H]1C=CC(O)CC1C=CCC1. The molecule has 0 aromatic carbocycles. The first-order chi connectivity index (χ1) is 12.1. The van der Waals surface area contributed by atoms with Crippen molar-refractivity contribution >= 4 is 0 Å². The van der Waals surface area contributed by atoms with E-state index in [0.29, 0.717) is 17.8 Å². The molecule has 1 fully saturated rings. The summed E-state index contributed by atoms with van der Waals surface area (Å²) in [7, 11) is 0. The Kier molecular flexibility index (Phi) is 9.26. The molecule has 0 aliphatic heterocycles. The van der Waals surface area contributed by atoms with Crippen LogP contribution in [0.1, 0.15) is 84.5 Å². The van der Waals surface area contributed by atoms with Crippen molar-refractivity contribution in [1.29, 1.82) is 0 Å². The van der Waals surface area contributed by atoms with Crippen molar-refractivity contribution in [3.8, 4) is 0 Å². The topological polar surface area (TPSA) is 40.5 Å². The first-order valence-electron chi connectivity index (χ1n) is 10.8. The van der Waals surface area contributed by atoms with Crippen LogP contribution in [0.25, 0.3) is 0 Å². The zero-order valence-electron chi connectivity index (χ0n) is 16.4. The van der Waals surface area contributed by atoms with Gasteiger partial charge in [0.05, 0.1) is 12.2 Å². The molecular weight excluding hydrogens is 308 g/mol. The van der Waals surface area contributed by atoms with Crippen molar-refractivity contribution in [2.75, 3.05) is 0 Å².